The third kappa shape index (κ3) is 7.49. The van der Waals surface area contributed by atoms with Crippen LogP contribution >= 0.6 is 0 Å². The van der Waals surface area contributed by atoms with Crippen LogP contribution in [0.5, 0.6) is 5.75 Å². The summed E-state index contributed by atoms with van der Waals surface area (Å²) in [7, 11) is 0. The smallest absolute Gasteiger partial charge is 0.240 e. The maximum Gasteiger partial charge on any atom is 0.240 e. The summed E-state index contributed by atoms with van der Waals surface area (Å²) in [5.41, 5.74) is 3.43. The van der Waals surface area contributed by atoms with E-state index in [1.54, 1.807) is 6.21 Å². The van der Waals surface area contributed by atoms with Gasteiger partial charge in [-0.15, -0.1) is 0 Å². The molecule has 0 saturated heterocycles. The lowest BCUT2D eigenvalue weighted by molar-refractivity contribution is -0.121. The van der Waals surface area contributed by atoms with Crippen molar-refractivity contribution in [2.45, 2.75) is 52.4 Å². The lowest BCUT2D eigenvalue weighted by Crippen LogP contribution is -2.17. The van der Waals surface area contributed by atoms with E-state index in [-0.39, 0.29) is 5.91 Å². The number of carbonyl (C=O) groups excluding carboxylic acids is 1. The first kappa shape index (κ1) is 17.2. The maximum atomic E-state index is 11.6. The van der Waals surface area contributed by atoms with Crippen LogP contribution in [0.1, 0.15) is 57.9 Å². The number of hydrogen-bond donors (Lipinski definition) is 1. The quantitative estimate of drug-likeness (QED) is 0.404. The predicted molar refractivity (Wildman–Crippen MR) is 86.7 cm³/mol. The normalized spacial score (nSPS) is 10.8. The first-order chi connectivity index (χ1) is 10.3. The van der Waals surface area contributed by atoms with E-state index in [9.17, 15) is 4.79 Å². The summed E-state index contributed by atoms with van der Waals surface area (Å²) >= 11 is 0. The van der Waals surface area contributed by atoms with Crippen LogP contribution in [0.15, 0.2) is 29.4 Å². The molecule has 1 aromatic rings. The molecule has 0 bridgehead atoms. The van der Waals surface area contributed by atoms with E-state index in [2.05, 4.69) is 17.5 Å². The first-order valence-electron chi connectivity index (χ1n) is 7.81. The number of ether oxygens (including phenoxy) is 1. The van der Waals surface area contributed by atoms with Crippen molar-refractivity contribution in [3.63, 3.8) is 0 Å². The second-order valence-electron chi connectivity index (χ2n) is 4.93. The fraction of sp³-hybridized carbons (Fsp3) is 0.529. The van der Waals surface area contributed by atoms with E-state index in [4.69, 9.17) is 4.74 Å². The van der Waals surface area contributed by atoms with Gasteiger partial charge in [0.2, 0.25) is 5.91 Å². The Hall–Kier alpha value is -1.84. The van der Waals surface area contributed by atoms with Gasteiger partial charge in [-0.2, -0.15) is 5.10 Å². The molecule has 0 radical (unpaired) electrons. The number of unbranched alkanes of at least 4 members (excludes halogenated alkanes) is 4. The molecule has 1 amide bonds. The molecule has 0 aromatic heterocycles. The zero-order valence-corrected chi connectivity index (χ0v) is 13.1. The number of hydrazone groups is 1. The minimum atomic E-state index is -0.0309. The van der Waals surface area contributed by atoms with Crippen LogP contribution in [0.25, 0.3) is 0 Å². The lowest BCUT2D eigenvalue weighted by Gasteiger charge is -2.05. The predicted octanol–water partition coefficient (Wildman–Crippen LogP) is 3.90. The second-order valence-corrected chi connectivity index (χ2v) is 4.93. The Bertz CT molecular complexity index is 444. The Kier molecular flexibility index (Phi) is 8.93. The molecule has 0 atom stereocenters. The Labute approximate surface area is 127 Å². The minimum Gasteiger partial charge on any atom is -0.493 e. The number of para-hydroxylation sites is 1. The molecule has 0 heterocycles. The van der Waals surface area contributed by atoms with Gasteiger partial charge in [-0.3, -0.25) is 4.79 Å². The highest BCUT2D eigenvalue weighted by molar-refractivity contribution is 5.85. The van der Waals surface area contributed by atoms with Crippen LogP contribution in [0.3, 0.4) is 0 Å². The first-order valence-corrected chi connectivity index (χ1v) is 7.81. The zero-order valence-electron chi connectivity index (χ0n) is 13.1. The minimum absolute atomic E-state index is 0.0309. The van der Waals surface area contributed by atoms with Crippen LogP contribution in [0.2, 0.25) is 0 Å². The van der Waals surface area contributed by atoms with Gasteiger partial charge in [0.05, 0.1) is 12.8 Å². The monoisotopic (exact) mass is 290 g/mol. The molecule has 0 fully saturated rings. The van der Waals surface area contributed by atoms with E-state index < -0.39 is 0 Å². The third-order valence-corrected chi connectivity index (χ3v) is 3.12. The van der Waals surface area contributed by atoms with Gasteiger partial charge >= 0.3 is 0 Å². The van der Waals surface area contributed by atoms with Crippen molar-refractivity contribution >= 4 is 12.1 Å². The van der Waals surface area contributed by atoms with Gasteiger partial charge < -0.3 is 4.74 Å². The number of carbonyl (C=O) groups is 1. The van der Waals surface area contributed by atoms with Crippen molar-refractivity contribution in [3.05, 3.63) is 29.8 Å². The van der Waals surface area contributed by atoms with Crippen LogP contribution in [0.4, 0.5) is 0 Å². The molecule has 0 aliphatic carbocycles. The molecule has 0 spiro atoms. The van der Waals surface area contributed by atoms with E-state index in [1.165, 1.54) is 19.3 Å². The van der Waals surface area contributed by atoms with Gasteiger partial charge in [0.1, 0.15) is 5.75 Å². The van der Waals surface area contributed by atoms with Crippen molar-refractivity contribution in [2.75, 3.05) is 6.61 Å². The summed E-state index contributed by atoms with van der Waals surface area (Å²) in [6, 6.07) is 7.63. The average Bonchev–Trinajstić information content (AvgIpc) is 2.49. The lowest BCUT2D eigenvalue weighted by atomic mass is 10.1. The van der Waals surface area contributed by atoms with Crippen LogP contribution < -0.4 is 10.2 Å². The van der Waals surface area contributed by atoms with Crippen LogP contribution in [-0.2, 0) is 4.79 Å². The largest absolute Gasteiger partial charge is 0.493 e. The SMILES string of the molecule is CCCCCCCC(=O)NN=Cc1ccccc1OCC. The molecule has 0 aliphatic heterocycles. The molecule has 1 aromatic carbocycles. The van der Waals surface area contributed by atoms with E-state index in [1.807, 2.05) is 31.2 Å². The van der Waals surface area contributed by atoms with E-state index in [0.717, 1.165) is 24.2 Å². The number of benzene rings is 1. The molecule has 21 heavy (non-hydrogen) atoms. The molecular formula is C17H26N2O2. The van der Waals surface area contributed by atoms with Crippen molar-refractivity contribution < 1.29 is 9.53 Å². The van der Waals surface area contributed by atoms with Gasteiger partial charge in [0, 0.05) is 12.0 Å². The molecule has 1 N–H and O–H groups in total. The van der Waals surface area contributed by atoms with Crippen molar-refractivity contribution in [1.29, 1.82) is 0 Å². The molecule has 1 rings (SSSR count). The Morgan fingerprint density at radius 1 is 1.19 bits per heavy atom. The standard InChI is InChI=1S/C17H26N2O2/c1-3-5-6-7-8-13-17(20)19-18-14-15-11-9-10-12-16(15)21-4-2/h9-12,14H,3-8,13H2,1-2H3,(H,19,20). The molecule has 4 nitrogen and oxygen atoms in total. The number of hydrogen-bond acceptors (Lipinski definition) is 3. The average molecular weight is 290 g/mol. The molecule has 116 valence electrons. The van der Waals surface area contributed by atoms with Crippen molar-refractivity contribution in [2.24, 2.45) is 5.10 Å². The van der Waals surface area contributed by atoms with Gasteiger partial charge in [0.15, 0.2) is 0 Å². The second kappa shape index (κ2) is 10.9. The summed E-state index contributed by atoms with van der Waals surface area (Å²) in [5.74, 6) is 0.745. The van der Waals surface area contributed by atoms with Gasteiger partial charge in [-0.1, -0.05) is 44.7 Å². The zero-order chi connectivity index (χ0) is 15.3. The van der Waals surface area contributed by atoms with Crippen LogP contribution in [-0.4, -0.2) is 18.7 Å². The van der Waals surface area contributed by atoms with Crippen LogP contribution in [0, 0.1) is 0 Å². The molecule has 4 heteroatoms. The summed E-state index contributed by atoms with van der Waals surface area (Å²) in [4.78, 5) is 11.6. The fourth-order valence-electron chi connectivity index (χ4n) is 1.99. The highest BCUT2D eigenvalue weighted by Crippen LogP contribution is 2.15. The Balaban J connectivity index is 2.32. The highest BCUT2D eigenvalue weighted by atomic mass is 16.5. The molecule has 0 unspecified atom stereocenters. The van der Waals surface area contributed by atoms with E-state index in [0.29, 0.717) is 13.0 Å². The maximum absolute atomic E-state index is 11.6. The Morgan fingerprint density at radius 2 is 1.95 bits per heavy atom. The summed E-state index contributed by atoms with van der Waals surface area (Å²) < 4.78 is 5.49. The van der Waals surface area contributed by atoms with Gasteiger partial charge in [-0.25, -0.2) is 5.43 Å². The van der Waals surface area contributed by atoms with E-state index >= 15 is 0 Å². The third-order valence-electron chi connectivity index (χ3n) is 3.12. The fourth-order valence-corrected chi connectivity index (χ4v) is 1.99. The summed E-state index contributed by atoms with van der Waals surface area (Å²) in [6.07, 6.45) is 7.86. The number of nitrogens with one attached hydrogen (secondary N) is 1. The van der Waals surface area contributed by atoms with Crippen molar-refractivity contribution in [3.8, 4) is 5.75 Å². The Morgan fingerprint density at radius 3 is 2.71 bits per heavy atom. The summed E-state index contributed by atoms with van der Waals surface area (Å²) in [6.45, 7) is 4.73. The topological polar surface area (TPSA) is 50.7 Å². The highest BCUT2D eigenvalue weighted by Gasteiger charge is 2.01. The molecular weight excluding hydrogens is 264 g/mol. The number of rotatable bonds is 10. The molecule has 0 saturated carbocycles. The van der Waals surface area contributed by atoms with Crippen molar-refractivity contribution in [1.82, 2.24) is 5.43 Å². The number of nitrogens with zero attached hydrogens (tertiary/aromatic N) is 1. The summed E-state index contributed by atoms with van der Waals surface area (Å²) in [5, 5.41) is 3.99. The molecule has 0 aliphatic rings. The number of amides is 1. The van der Waals surface area contributed by atoms with Gasteiger partial charge in [-0.05, 0) is 25.5 Å². The van der Waals surface area contributed by atoms with Gasteiger partial charge in [0.25, 0.3) is 0 Å².